The van der Waals surface area contributed by atoms with E-state index in [4.69, 9.17) is 49.0 Å². The van der Waals surface area contributed by atoms with Gasteiger partial charge < -0.3 is 34.8 Å². The van der Waals surface area contributed by atoms with E-state index >= 15 is 0 Å². The highest BCUT2D eigenvalue weighted by atomic mass is 35.6. The lowest BCUT2D eigenvalue weighted by atomic mass is 9.97. The van der Waals surface area contributed by atoms with Crippen LogP contribution in [0.15, 0.2) is 30.3 Å². The third-order valence-corrected chi connectivity index (χ3v) is 4.12. The molecule has 152 valence electrons. The van der Waals surface area contributed by atoms with Gasteiger partial charge in [0.1, 0.15) is 31.0 Å². The monoisotopic (exact) mass is 443 g/mol. The first-order chi connectivity index (χ1) is 12.7. The summed E-state index contributed by atoms with van der Waals surface area (Å²) >= 11 is 16.5. The van der Waals surface area contributed by atoms with E-state index in [-0.39, 0.29) is 6.61 Å². The number of hydrogen-bond acceptors (Lipinski definition) is 7. The average molecular weight is 445 g/mol. The first-order valence-corrected chi connectivity index (χ1v) is 9.12. The molecule has 0 spiro atoms. The van der Waals surface area contributed by atoms with E-state index in [0.717, 1.165) is 5.56 Å². The number of aliphatic hydroxyl groups is 3. The van der Waals surface area contributed by atoms with Crippen molar-refractivity contribution in [2.24, 2.45) is 0 Å². The summed E-state index contributed by atoms with van der Waals surface area (Å²) in [5, 5.41) is 32.0. The van der Waals surface area contributed by atoms with Crippen molar-refractivity contribution < 1.29 is 34.3 Å². The van der Waals surface area contributed by atoms with Crippen molar-refractivity contribution in [2.45, 2.75) is 41.0 Å². The van der Waals surface area contributed by atoms with Gasteiger partial charge in [0.2, 0.25) is 3.79 Å². The minimum atomic E-state index is -1.80. The van der Waals surface area contributed by atoms with Gasteiger partial charge in [-0.05, 0) is 5.56 Å². The van der Waals surface area contributed by atoms with E-state index in [1.807, 2.05) is 30.3 Å². The number of carbonyl (C=O) groups excluding carboxylic acids is 1. The molecule has 1 fully saturated rings. The maximum absolute atomic E-state index is 11.9. The van der Waals surface area contributed by atoms with Crippen LogP contribution in [0.25, 0.3) is 0 Å². The molecule has 1 saturated heterocycles. The van der Waals surface area contributed by atoms with Crippen molar-refractivity contribution in [1.82, 2.24) is 5.32 Å². The zero-order chi connectivity index (χ0) is 20.0. The van der Waals surface area contributed by atoms with E-state index < -0.39 is 53.7 Å². The second-order valence-corrected chi connectivity index (χ2v) is 8.38. The Balaban J connectivity index is 2.04. The summed E-state index contributed by atoms with van der Waals surface area (Å²) in [6, 6.07) is 7.92. The molecule has 1 aromatic carbocycles. The molecule has 2 unspecified atom stereocenters. The highest BCUT2D eigenvalue weighted by Crippen LogP contribution is 2.26. The lowest BCUT2D eigenvalue weighted by Gasteiger charge is -2.42. The van der Waals surface area contributed by atoms with Crippen LogP contribution in [0.3, 0.4) is 0 Å². The summed E-state index contributed by atoms with van der Waals surface area (Å²) in [5.41, 5.74) is 0.819. The van der Waals surface area contributed by atoms with Crippen LogP contribution in [-0.4, -0.2) is 69.1 Å². The van der Waals surface area contributed by atoms with Crippen molar-refractivity contribution in [3.63, 3.8) is 0 Å². The number of aliphatic hydroxyl groups excluding tert-OH is 3. The van der Waals surface area contributed by atoms with Gasteiger partial charge in [-0.3, -0.25) is 0 Å². The van der Waals surface area contributed by atoms with Crippen LogP contribution < -0.4 is 5.32 Å². The predicted molar refractivity (Wildman–Crippen MR) is 97.6 cm³/mol. The summed E-state index contributed by atoms with van der Waals surface area (Å²) in [7, 11) is 0. The largest absolute Gasteiger partial charge is 0.445 e. The Morgan fingerprint density at radius 1 is 1.19 bits per heavy atom. The van der Waals surface area contributed by atoms with Crippen LogP contribution in [0.5, 0.6) is 0 Å². The van der Waals surface area contributed by atoms with Gasteiger partial charge in [-0.15, -0.1) is 0 Å². The number of halogens is 3. The standard InChI is InChI=1S/C16H20Cl3NO7/c17-16(18,19)8-26-15(24)20-11-13(23)12(22)10(6-21)27-14(11)25-7-9-4-2-1-3-5-9/h1-5,10-14,21-23H,6-8H2,(H,20,24)/t10?,11?,12-,13-,14+/m1/s1. The Hall–Kier alpha value is -0.840. The van der Waals surface area contributed by atoms with Crippen LogP contribution in [0, 0.1) is 0 Å². The van der Waals surface area contributed by atoms with Crippen LogP contribution in [0.4, 0.5) is 4.79 Å². The fourth-order valence-electron chi connectivity index (χ4n) is 2.46. The second-order valence-electron chi connectivity index (χ2n) is 5.86. The molecule has 1 aliphatic rings. The number of carbonyl (C=O) groups is 1. The Bertz CT molecular complexity index is 601. The molecule has 0 bridgehead atoms. The molecular weight excluding hydrogens is 425 g/mol. The number of alkyl halides is 3. The molecule has 27 heavy (non-hydrogen) atoms. The SMILES string of the molecule is O=C(NC1[C@@H](OCc2ccccc2)OC(CO)[C@@H](O)[C@@H]1O)OCC(Cl)(Cl)Cl. The third kappa shape index (κ3) is 6.92. The maximum Gasteiger partial charge on any atom is 0.407 e. The molecule has 1 aliphatic heterocycles. The molecular formula is C16H20Cl3NO7. The fraction of sp³-hybridized carbons (Fsp3) is 0.562. The quantitative estimate of drug-likeness (QED) is 0.486. The molecule has 0 aromatic heterocycles. The van der Waals surface area contributed by atoms with Gasteiger partial charge in [-0.1, -0.05) is 65.1 Å². The van der Waals surface area contributed by atoms with E-state index in [1.54, 1.807) is 0 Å². The Kier molecular flexibility index (Phi) is 8.39. The minimum Gasteiger partial charge on any atom is -0.445 e. The molecule has 4 N–H and O–H groups in total. The molecule has 1 heterocycles. The summed E-state index contributed by atoms with van der Waals surface area (Å²) in [6.07, 6.45) is -6.20. The molecule has 1 amide bonds. The number of benzene rings is 1. The highest BCUT2D eigenvalue weighted by Gasteiger charge is 2.46. The first-order valence-electron chi connectivity index (χ1n) is 7.99. The number of amides is 1. The first kappa shape index (κ1) is 22.4. The van der Waals surface area contributed by atoms with Gasteiger partial charge in [0.05, 0.1) is 13.2 Å². The number of nitrogens with one attached hydrogen (secondary N) is 1. The van der Waals surface area contributed by atoms with E-state index in [9.17, 15) is 20.1 Å². The topological polar surface area (TPSA) is 117 Å². The molecule has 11 heteroatoms. The molecule has 0 aliphatic carbocycles. The van der Waals surface area contributed by atoms with Crippen molar-refractivity contribution in [3.05, 3.63) is 35.9 Å². The van der Waals surface area contributed by atoms with E-state index in [2.05, 4.69) is 5.32 Å². The van der Waals surface area contributed by atoms with Crippen molar-refractivity contribution in [2.75, 3.05) is 13.2 Å². The van der Waals surface area contributed by atoms with Gasteiger partial charge in [0, 0.05) is 0 Å². The smallest absolute Gasteiger partial charge is 0.407 e. The fourth-order valence-corrected chi connectivity index (χ4v) is 2.62. The van der Waals surface area contributed by atoms with Gasteiger partial charge >= 0.3 is 6.09 Å². The van der Waals surface area contributed by atoms with Gasteiger partial charge in [-0.25, -0.2) is 4.79 Å². The third-order valence-electron chi connectivity index (χ3n) is 3.79. The predicted octanol–water partition coefficient (Wildman–Crippen LogP) is 1.11. The Morgan fingerprint density at radius 2 is 1.85 bits per heavy atom. The number of hydrogen-bond donors (Lipinski definition) is 4. The van der Waals surface area contributed by atoms with Crippen molar-refractivity contribution >= 4 is 40.9 Å². The number of rotatable bonds is 6. The van der Waals surface area contributed by atoms with Crippen LogP contribution >= 0.6 is 34.8 Å². The second kappa shape index (κ2) is 10.1. The Labute approximate surface area is 170 Å². The molecule has 8 nitrogen and oxygen atoms in total. The average Bonchev–Trinajstić information content (AvgIpc) is 2.63. The van der Waals surface area contributed by atoms with Crippen molar-refractivity contribution in [1.29, 1.82) is 0 Å². The van der Waals surface area contributed by atoms with E-state index in [0.29, 0.717) is 0 Å². The summed E-state index contributed by atoms with van der Waals surface area (Å²) < 4.78 is 14.1. The number of ether oxygens (including phenoxy) is 3. The molecule has 1 aromatic rings. The molecule has 2 rings (SSSR count). The highest BCUT2D eigenvalue weighted by molar-refractivity contribution is 6.67. The molecule has 0 radical (unpaired) electrons. The number of alkyl carbamates (subject to hydrolysis) is 1. The molecule has 0 saturated carbocycles. The van der Waals surface area contributed by atoms with Crippen LogP contribution in [0.2, 0.25) is 0 Å². The van der Waals surface area contributed by atoms with Crippen LogP contribution in [0.1, 0.15) is 5.56 Å². The maximum atomic E-state index is 11.9. The normalized spacial score (nSPS) is 28.6. The lowest BCUT2D eigenvalue weighted by molar-refractivity contribution is -0.273. The summed E-state index contributed by atoms with van der Waals surface area (Å²) in [5.74, 6) is 0. The van der Waals surface area contributed by atoms with E-state index in [1.165, 1.54) is 0 Å². The minimum absolute atomic E-state index is 0.105. The van der Waals surface area contributed by atoms with Gasteiger partial charge in [0.15, 0.2) is 6.29 Å². The summed E-state index contributed by atoms with van der Waals surface area (Å²) in [6.45, 7) is -0.966. The van der Waals surface area contributed by atoms with Gasteiger partial charge in [0.25, 0.3) is 0 Å². The molecule has 5 atom stereocenters. The lowest BCUT2D eigenvalue weighted by Crippen LogP contribution is -2.64. The zero-order valence-corrected chi connectivity index (χ0v) is 16.3. The van der Waals surface area contributed by atoms with Gasteiger partial charge in [-0.2, -0.15) is 0 Å². The van der Waals surface area contributed by atoms with Crippen LogP contribution in [-0.2, 0) is 20.8 Å². The Morgan fingerprint density at radius 3 is 2.44 bits per heavy atom. The van der Waals surface area contributed by atoms with Crippen molar-refractivity contribution in [3.8, 4) is 0 Å². The summed E-state index contributed by atoms with van der Waals surface area (Å²) in [4.78, 5) is 11.9. The zero-order valence-electron chi connectivity index (χ0n) is 14.0.